The summed E-state index contributed by atoms with van der Waals surface area (Å²) in [5, 5.41) is 105. The van der Waals surface area contributed by atoms with E-state index in [9.17, 15) is 112 Å². The van der Waals surface area contributed by atoms with Crippen LogP contribution in [0.2, 0.25) is 0 Å². The average Bonchev–Trinajstić information content (AvgIpc) is 1.67. The quantitative estimate of drug-likeness (QED) is 0.00735. The number of thioether (sulfide) groups is 1. The normalized spacial score (nSPS) is 14.3. The smallest absolute Gasteiger partial charge is 0.326 e. The number of amides is 17. The third kappa shape index (κ3) is 38.1. The summed E-state index contributed by atoms with van der Waals surface area (Å²) in [6.45, 7) is 4.58. The van der Waals surface area contributed by atoms with E-state index in [2.05, 4.69) is 131 Å². The van der Waals surface area contributed by atoms with Crippen LogP contribution in [-0.2, 0) is 117 Å². The number of carbonyl (C=O) groups excluding carboxylic acids is 17. The molecule has 0 unspecified atom stereocenters. The Hall–Kier alpha value is -14.1. The molecular formula is C92H129N23O24S3. The average molecular weight is 2040 g/mol. The second-order valence-electron chi connectivity index (χ2n) is 34.1. The van der Waals surface area contributed by atoms with Crippen molar-refractivity contribution in [2.75, 3.05) is 69.5 Å². The van der Waals surface area contributed by atoms with Gasteiger partial charge in [0.05, 0.1) is 39.4 Å². The molecule has 6 rings (SSSR count). The second-order valence-corrected chi connectivity index (χ2v) is 35.8. The molecule has 0 bridgehead atoms. The van der Waals surface area contributed by atoms with Crippen molar-refractivity contribution in [2.24, 2.45) is 29.2 Å². The molecule has 0 aliphatic rings. The van der Waals surface area contributed by atoms with Crippen molar-refractivity contribution in [3.63, 3.8) is 0 Å². The predicted molar refractivity (Wildman–Crippen MR) is 529 cm³/mol. The zero-order valence-corrected chi connectivity index (χ0v) is 82.0. The molecule has 0 spiro atoms. The number of H-pyrrole nitrogens is 2. The minimum absolute atomic E-state index is 0.0270. The highest BCUT2D eigenvalue weighted by Gasteiger charge is 2.40. The summed E-state index contributed by atoms with van der Waals surface area (Å²) >= 11 is 9.82. The number of aliphatic hydroxyl groups is 2. The third-order valence-electron chi connectivity index (χ3n) is 22.6. The van der Waals surface area contributed by atoms with E-state index in [1.807, 2.05) is 0 Å². The van der Waals surface area contributed by atoms with Gasteiger partial charge in [-0.15, -0.1) is 0 Å². The van der Waals surface area contributed by atoms with Gasteiger partial charge in [-0.25, -0.2) is 4.79 Å². The second kappa shape index (κ2) is 59.5. The summed E-state index contributed by atoms with van der Waals surface area (Å²) in [6.07, 6.45) is 2.65. The first-order valence-corrected chi connectivity index (χ1v) is 48.3. The van der Waals surface area contributed by atoms with E-state index in [0.717, 1.165) is 0 Å². The number of fused-ring (bicyclic) bond motifs is 2. The minimum atomic E-state index is -1.86. The molecule has 17 amide bonds. The van der Waals surface area contributed by atoms with Crippen molar-refractivity contribution < 1.29 is 117 Å². The number of carbonyl (C=O) groups is 19. The molecular weight excluding hydrogens is 1910 g/mol. The van der Waals surface area contributed by atoms with Crippen LogP contribution in [0.4, 0.5) is 0 Å². The summed E-state index contributed by atoms with van der Waals surface area (Å²) in [5.74, 6) is -22.7. The Morgan fingerprint density at radius 3 is 1.25 bits per heavy atom. The molecule has 30 N–H and O–H groups in total. The maximum atomic E-state index is 15.0. The molecule has 0 radical (unpaired) electrons. The maximum Gasteiger partial charge on any atom is 0.326 e. The van der Waals surface area contributed by atoms with Crippen LogP contribution in [0, 0.1) is 23.2 Å². The van der Waals surface area contributed by atoms with Crippen LogP contribution < -0.4 is 107 Å². The van der Waals surface area contributed by atoms with Crippen LogP contribution in [0.25, 0.3) is 21.8 Å². The number of nitrogens with two attached hydrogens (primary N) is 2. The van der Waals surface area contributed by atoms with Crippen molar-refractivity contribution in [1.82, 2.24) is 106 Å². The number of guanidine groups is 1. The molecule has 50 heteroatoms. The van der Waals surface area contributed by atoms with E-state index < -0.39 is 285 Å². The van der Waals surface area contributed by atoms with Crippen molar-refractivity contribution >= 4 is 177 Å². The Morgan fingerprint density at radius 1 is 0.401 bits per heavy atom. The molecule has 774 valence electrons. The Balaban J connectivity index is 1.12. The van der Waals surface area contributed by atoms with Gasteiger partial charge >= 0.3 is 11.9 Å². The van der Waals surface area contributed by atoms with Crippen LogP contribution >= 0.6 is 37.0 Å². The first kappa shape index (κ1) is 117. The number of aromatic nitrogens is 2. The molecule has 6 aromatic rings. The lowest BCUT2D eigenvalue weighted by atomic mass is 9.95. The number of thiol groups is 2. The number of carboxylic acid groups (broad SMARTS) is 2. The van der Waals surface area contributed by atoms with Crippen LogP contribution in [0.15, 0.2) is 116 Å². The van der Waals surface area contributed by atoms with Gasteiger partial charge in [0.2, 0.25) is 100 Å². The van der Waals surface area contributed by atoms with E-state index in [1.54, 1.807) is 139 Å². The van der Waals surface area contributed by atoms with Gasteiger partial charge in [-0.1, -0.05) is 127 Å². The van der Waals surface area contributed by atoms with E-state index in [1.165, 1.54) is 36.0 Å². The standard InChI is InChI=1S/C92H129N23O24S3/c1-8-49(6)77(90(137)114-76(48(4)5)89(136)107-64(36-53-39-98-58-22-15-13-20-56(53)58)84(131)111-68(45-140)86(133)104-59(23-16-31-96-92(94)95)80(127)106-63(35-52-38-97-57-21-14-12-19-55(52)57)83(130)108-65(91(138)139)34-50-17-10-9-11-18-50)115-81(128)60(28-29-74(123)124)102-71(120)41-100-78(125)61(30-32-142-7)103-72(121)42-101-79(126)66(43-116)109-82(129)62(33-51-24-26-54(118)27-25-51)105-85(132)67(44-117)110-87(134)69(46-141)112-88(135)75(47(2)3)113-73(122)40-99-70(119)37-93/h9-15,17-22,24-27,38-39,47-49,59-69,75-77,97-98,116-118,140-141H,8,16,23,28-37,40-46,93H2,1-7H3,(H,99,119)(H,100,125)(H,101,126)(H,102,120)(H,103,121)(H,104,133)(H,105,132)(H,106,127)(H,107,136)(H,108,130)(H,109,129)(H,110,134)(H,111,131)(H,112,135)(H,113,122)(H,114,137)(H,115,128)(H,123,124)(H,138,139)(H4,94,95,96)/t49-,59-,60-,61-,62-,63-,64-,65-,66-,67-,68-,69-,75-,76-,77-/m0/s1. The number of hydrogen-bond donors (Lipinski definition) is 30. The number of aliphatic carboxylic acids is 2. The van der Waals surface area contributed by atoms with Gasteiger partial charge in [-0.3, -0.25) is 91.7 Å². The Kier molecular flexibility index (Phi) is 48.8. The van der Waals surface area contributed by atoms with E-state index in [0.29, 0.717) is 44.1 Å². The fourth-order valence-corrected chi connectivity index (χ4v) is 15.4. The molecule has 0 saturated heterocycles. The van der Waals surface area contributed by atoms with Crippen LogP contribution in [-0.4, -0.2) is 308 Å². The molecule has 0 aliphatic heterocycles. The Labute approximate surface area is 832 Å². The SMILES string of the molecule is CC[C@H](C)[C@H](NC(=O)[C@H](CCC(=O)O)NC(=O)CNC(=O)[C@H](CCSC)NC(=O)CNC(=O)[C@H](CO)NC(=O)[C@H](Cc1ccc(O)cc1)NC(=O)[C@H](CO)NC(=O)[C@H](CS)NC(=O)[C@@H](NC(=O)CNC(=O)CN)C(C)C)C(=O)N[C@H](C(=O)N[C@@H](Cc1c[nH]c2ccccc12)C(=O)N[C@@H](CS)C(=O)N[C@@H](CCCNC(=N)N)C(=O)N[C@@H](Cc1c[nH]c2ccccc12)C(=O)N[C@@H](Cc1ccccc1)C(=O)O)C(C)C. The lowest BCUT2D eigenvalue weighted by Gasteiger charge is -2.30. The predicted octanol–water partition coefficient (Wildman–Crippen LogP) is -5.11. The van der Waals surface area contributed by atoms with Crippen LogP contribution in [0.5, 0.6) is 5.75 Å². The number of rotatable bonds is 61. The number of aromatic amines is 2. The molecule has 47 nitrogen and oxygen atoms in total. The van der Waals surface area contributed by atoms with E-state index in [-0.39, 0.29) is 68.7 Å². The monoisotopic (exact) mass is 2040 g/mol. The molecule has 0 aliphatic carbocycles. The molecule has 0 saturated carbocycles. The minimum Gasteiger partial charge on any atom is -0.508 e. The highest BCUT2D eigenvalue weighted by molar-refractivity contribution is 7.98. The summed E-state index contributed by atoms with van der Waals surface area (Å²) < 4.78 is 0. The van der Waals surface area contributed by atoms with Gasteiger partial charge in [0.15, 0.2) is 5.96 Å². The molecule has 15 atom stereocenters. The summed E-state index contributed by atoms with van der Waals surface area (Å²) in [7, 11) is 0. The van der Waals surface area contributed by atoms with E-state index in [4.69, 9.17) is 16.9 Å². The number of benzene rings is 4. The maximum absolute atomic E-state index is 15.0. The molecule has 0 fully saturated rings. The van der Waals surface area contributed by atoms with Gasteiger partial charge in [0.25, 0.3) is 0 Å². The number of phenolic OH excluding ortho intramolecular Hbond substituents is 1. The van der Waals surface area contributed by atoms with Crippen LogP contribution in [0.1, 0.15) is 102 Å². The largest absolute Gasteiger partial charge is 0.508 e. The molecule has 2 heterocycles. The number of hydrogen-bond acceptors (Lipinski definition) is 27. The van der Waals surface area contributed by atoms with Crippen molar-refractivity contribution in [1.29, 1.82) is 5.41 Å². The van der Waals surface area contributed by atoms with Gasteiger partial charge < -0.3 is 143 Å². The molecule has 2 aromatic heterocycles. The number of aromatic hydroxyl groups is 1. The Morgan fingerprint density at radius 2 is 0.775 bits per heavy atom. The number of aliphatic hydroxyl groups excluding tert-OH is 2. The number of carboxylic acids is 2. The number of para-hydroxylation sites is 2. The van der Waals surface area contributed by atoms with Crippen molar-refractivity contribution in [2.45, 2.75) is 190 Å². The fourth-order valence-electron chi connectivity index (χ4n) is 14.4. The third-order valence-corrected chi connectivity index (χ3v) is 24.0. The summed E-state index contributed by atoms with van der Waals surface area (Å²) in [4.78, 5) is 268. The zero-order valence-electron chi connectivity index (χ0n) is 79.4. The van der Waals surface area contributed by atoms with Crippen molar-refractivity contribution in [3.05, 3.63) is 138 Å². The highest BCUT2D eigenvalue weighted by atomic mass is 32.2. The number of nitrogens with one attached hydrogen (secondary N) is 21. The van der Waals surface area contributed by atoms with Gasteiger partial charge in [-0.2, -0.15) is 37.0 Å². The zero-order chi connectivity index (χ0) is 105. The molecule has 142 heavy (non-hydrogen) atoms. The van der Waals surface area contributed by atoms with Gasteiger partial charge in [0, 0.05) is 84.4 Å². The van der Waals surface area contributed by atoms with Crippen LogP contribution in [0.3, 0.4) is 0 Å². The first-order chi connectivity index (χ1) is 67.5. The highest BCUT2D eigenvalue weighted by Crippen LogP contribution is 2.24. The Bertz CT molecular complexity index is 5360. The van der Waals surface area contributed by atoms with E-state index >= 15 is 4.79 Å². The van der Waals surface area contributed by atoms with Gasteiger partial charge in [-0.05, 0) is 102 Å². The lowest BCUT2D eigenvalue weighted by molar-refractivity contribution is -0.142. The lowest BCUT2D eigenvalue weighted by Crippen LogP contribution is -2.62. The topological polar surface area (TPSA) is 749 Å². The van der Waals surface area contributed by atoms with Gasteiger partial charge in [0.1, 0.15) is 90.3 Å². The van der Waals surface area contributed by atoms with Crippen molar-refractivity contribution in [3.8, 4) is 5.75 Å². The fraction of sp³-hybridized carbons (Fsp3) is 0.478. The number of phenols is 1. The molecule has 4 aromatic carbocycles. The summed E-state index contributed by atoms with van der Waals surface area (Å²) in [5.41, 5.74) is 14.1. The first-order valence-electron chi connectivity index (χ1n) is 45.7. The summed E-state index contributed by atoms with van der Waals surface area (Å²) in [6, 6.07) is 6.00.